The molecule has 0 spiro atoms. The van der Waals surface area contributed by atoms with Gasteiger partial charge in [-0.25, -0.2) is 9.97 Å². The van der Waals surface area contributed by atoms with Crippen LogP contribution in [0.4, 0.5) is 5.82 Å². The summed E-state index contributed by atoms with van der Waals surface area (Å²) in [5.74, 6) is 1.83. The van der Waals surface area contributed by atoms with Gasteiger partial charge in [0, 0.05) is 25.0 Å². The minimum absolute atomic E-state index is 0.628. The predicted octanol–water partition coefficient (Wildman–Crippen LogP) is 3.82. The van der Waals surface area contributed by atoms with Crippen LogP contribution >= 0.6 is 0 Å². The van der Waals surface area contributed by atoms with E-state index in [1.165, 1.54) is 32.1 Å². The fourth-order valence-electron chi connectivity index (χ4n) is 3.13. The third-order valence-corrected chi connectivity index (χ3v) is 4.32. The molecule has 1 saturated heterocycles. The number of fused-ring (bicyclic) bond motifs is 1. The van der Waals surface area contributed by atoms with Crippen LogP contribution in [0.1, 0.15) is 46.0 Å². The van der Waals surface area contributed by atoms with Crippen molar-refractivity contribution in [3.63, 3.8) is 0 Å². The van der Waals surface area contributed by atoms with Crippen molar-refractivity contribution in [2.45, 2.75) is 52.0 Å². The standard InChI is InChI=1S/C17H24N4/c1-13(2)6-7-14-5-3-4-12-21(14)16-9-8-15-17(20-16)19-11-10-18-15/h8-11,13-14H,3-7,12H2,1-2H3. The van der Waals surface area contributed by atoms with Crippen molar-refractivity contribution in [2.24, 2.45) is 5.92 Å². The lowest BCUT2D eigenvalue weighted by Gasteiger charge is -2.37. The Balaban J connectivity index is 1.83. The van der Waals surface area contributed by atoms with Crippen molar-refractivity contribution in [3.05, 3.63) is 24.5 Å². The molecule has 2 aromatic rings. The van der Waals surface area contributed by atoms with E-state index in [0.717, 1.165) is 29.4 Å². The molecule has 1 unspecified atom stereocenters. The van der Waals surface area contributed by atoms with Crippen LogP contribution in [-0.2, 0) is 0 Å². The Kier molecular flexibility index (Phi) is 4.32. The van der Waals surface area contributed by atoms with Crippen LogP contribution in [0, 0.1) is 5.92 Å². The number of hydrogen-bond acceptors (Lipinski definition) is 4. The fraction of sp³-hybridized carbons (Fsp3) is 0.588. The quantitative estimate of drug-likeness (QED) is 0.856. The predicted molar refractivity (Wildman–Crippen MR) is 86.4 cm³/mol. The van der Waals surface area contributed by atoms with E-state index in [9.17, 15) is 0 Å². The van der Waals surface area contributed by atoms with Gasteiger partial charge in [0.15, 0.2) is 5.65 Å². The van der Waals surface area contributed by atoms with E-state index in [4.69, 9.17) is 4.98 Å². The van der Waals surface area contributed by atoms with Gasteiger partial charge in [-0.05, 0) is 50.2 Å². The van der Waals surface area contributed by atoms with Crippen molar-refractivity contribution < 1.29 is 0 Å². The molecular formula is C17H24N4. The van der Waals surface area contributed by atoms with Gasteiger partial charge >= 0.3 is 0 Å². The fourth-order valence-corrected chi connectivity index (χ4v) is 3.13. The molecule has 21 heavy (non-hydrogen) atoms. The third kappa shape index (κ3) is 3.31. The molecule has 112 valence electrons. The lowest BCUT2D eigenvalue weighted by Crippen LogP contribution is -2.40. The minimum Gasteiger partial charge on any atom is -0.354 e. The molecule has 0 aromatic carbocycles. The van der Waals surface area contributed by atoms with Gasteiger partial charge in [-0.2, -0.15) is 0 Å². The normalized spacial score (nSPS) is 19.4. The van der Waals surface area contributed by atoms with E-state index in [1.54, 1.807) is 12.4 Å². The zero-order valence-electron chi connectivity index (χ0n) is 13.0. The lowest BCUT2D eigenvalue weighted by atomic mass is 9.95. The highest BCUT2D eigenvalue weighted by Crippen LogP contribution is 2.27. The summed E-state index contributed by atoms with van der Waals surface area (Å²) in [4.78, 5) is 15.9. The second kappa shape index (κ2) is 6.37. The zero-order valence-corrected chi connectivity index (χ0v) is 13.0. The molecule has 0 N–H and O–H groups in total. The summed E-state index contributed by atoms with van der Waals surface area (Å²) < 4.78 is 0. The highest BCUT2D eigenvalue weighted by Gasteiger charge is 2.23. The van der Waals surface area contributed by atoms with Crippen LogP contribution in [0.15, 0.2) is 24.5 Å². The highest BCUT2D eigenvalue weighted by molar-refractivity contribution is 5.71. The lowest BCUT2D eigenvalue weighted by molar-refractivity contribution is 0.402. The molecule has 0 radical (unpaired) electrons. The molecule has 0 amide bonds. The average Bonchev–Trinajstić information content (AvgIpc) is 2.52. The van der Waals surface area contributed by atoms with Gasteiger partial charge in [0.2, 0.25) is 0 Å². The summed E-state index contributed by atoms with van der Waals surface area (Å²) in [7, 11) is 0. The Morgan fingerprint density at radius 1 is 1.19 bits per heavy atom. The van der Waals surface area contributed by atoms with Gasteiger partial charge in [0.25, 0.3) is 0 Å². The molecule has 1 aliphatic rings. The first-order valence-corrected chi connectivity index (χ1v) is 8.08. The van der Waals surface area contributed by atoms with E-state index in [-0.39, 0.29) is 0 Å². The second-order valence-corrected chi connectivity index (χ2v) is 6.38. The summed E-state index contributed by atoms with van der Waals surface area (Å²) >= 11 is 0. The Morgan fingerprint density at radius 3 is 2.90 bits per heavy atom. The molecule has 1 aliphatic heterocycles. The summed E-state index contributed by atoms with van der Waals surface area (Å²) in [5, 5.41) is 0. The second-order valence-electron chi connectivity index (χ2n) is 6.38. The first kappa shape index (κ1) is 14.2. The molecule has 0 aliphatic carbocycles. The van der Waals surface area contributed by atoms with Crippen LogP contribution in [0.25, 0.3) is 11.2 Å². The average molecular weight is 284 g/mol. The first-order chi connectivity index (χ1) is 10.2. The molecule has 4 heteroatoms. The van der Waals surface area contributed by atoms with Crippen LogP contribution in [-0.4, -0.2) is 27.5 Å². The van der Waals surface area contributed by atoms with Gasteiger partial charge in [0.05, 0.1) is 0 Å². The third-order valence-electron chi connectivity index (χ3n) is 4.32. The molecule has 3 heterocycles. The van der Waals surface area contributed by atoms with Crippen LogP contribution < -0.4 is 4.90 Å². The largest absolute Gasteiger partial charge is 0.354 e. The molecule has 4 nitrogen and oxygen atoms in total. The number of rotatable bonds is 4. The van der Waals surface area contributed by atoms with Crippen molar-refractivity contribution in [1.29, 1.82) is 0 Å². The van der Waals surface area contributed by atoms with Crippen molar-refractivity contribution in [3.8, 4) is 0 Å². The molecule has 0 saturated carbocycles. The van der Waals surface area contributed by atoms with E-state index < -0.39 is 0 Å². The summed E-state index contributed by atoms with van der Waals surface area (Å²) in [5.41, 5.74) is 1.63. The smallest absolute Gasteiger partial charge is 0.180 e. The van der Waals surface area contributed by atoms with E-state index in [0.29, 0.717) is 6.04 Å². The Labute approximate surface area is 126 Å². The summed E-state index contributed by atoms with van der Waals surface area (Å²) in [6.45, 7) is 5.72. The van der Waals surface area contributed by atoms with Crippen molar-refractivity contribution in [1.82, 2.24) is 15.0 Å². The molecular weight excluding hydrogens is 260 g/mol. The SMILES string of the molecule is CC(C)CCC1CCCCN1c1ccc2nccnc2n1. The maximum absolute atomic E-state index is 4.73. The van der Waals surface area contributed by atoms with Gasteiger partial charge in [-0.3, -0.25) is 4.98 Å². The highest BCUT2D eigenvalue weighted by atomic mass is 15.2. The summed E-state index contributed by atoms with van der Waals surface area (Å²) in [6, 6.07) is 4.77. The van der Waals surface area contributed by atoms with E-state index in [2.05, 4.69) is 34.8 Å². The number of piperidine rings is 1. The molecule has 3 rings (SSSR count). The van der Waals surface area contributed by atoms with Gasteiger partial charge < -0.3 is 4.90 Å². The monoisotopic (exact) mass is 284 g/mol. The summed E-state index contributed by atoms with van der Waals surface area (Å²) in [6.07, 6.45) is 9.87. The Bertz CT molecular complexity index is 596. The Morgan fingerprint density at radius 2 is 2.05 bits per heavy atom. The molecule has 1 fully saturated rings. The maximum atomic E-state index is 4.73. The van der Waals surface area contributed by atoms with Gasteiger partial charge in [-0.1, -0.05) is 13.8 Å². The Hall–Kier alpha value is -1.71. The topological polar surface area (TPSA) is 41.9 Å². The van der Waals surface area contributed by atoms with Crippen LogP contribution in [0.2, 0.25) is 0 Å². The van der Waals surface area contributed by atoms with Crippen LogP contribution in [0.3, 0.4) is 0 Å². The van der Waals surface area contributed by atoms with E-state index >= 15 is 0 Å². The zero-order chi connectivity index (χ0) is 14.7. The number of pyridine rings is 1. The van der Waals surface area contributed by atoms with Gasteiger partial charge in [-0.15, -0.1) is 0 Å². The first-order valence-electron chi connectivity index (χ1n) is 8.08. The molecule has 0 bridgehead atoms. The van der Waals surface area contributed by atoms with Crippen molar-refractivity contribution in [2.75, 3.05) is 11.4 Å². The minimum atomic E-state index is 0.628. The van der Waals surface area contributed by atoms with Gasteiger partial charge in [0.1, 0.15) is 11.3 Å². The number of anilines is 1. The maximum Gasteiger partial charge on any atom is 0.180 e. The number of hydrogen-bond donors (Lipinski definition) is 0. The number of nitrogens with zero attached hydrogens (tertiary/aromatic N) is 4. The van der Waals surface area contributed by atoms with E-state index in [1.807, 2.05) is 6.07 Å². The van der Waals surface area contributed by atoms with Crippen molar-refractivity contribution >= 4 is 17.0 Å². The number of aromatic nitrogens is 3. The molecule has 2 aromatic heterocycles. The molecule has 1 atom stereocenters. The van der Waals surface area contributed by atoms with Crippen LogP contribution in [0.5, 0.6) is 0 Å².